The molecule has 0 aliphatic carbocycles. The van der Waals surface area contributed by atoms with Crippen molar-refractivity contribution in [2.75, 3.05) is 6.61 Å². The molecule has 2 aliphatic heterocycles. The van der Waals surface area contributed by atoms with E-state index in [4.69, 9.17) is 9.47 Å². The molecule has 2 fully saturated rings. The van der Waals surface area contributed by atoms with Gasteiger partial charge in [-0.1, -0.05) is 13.8 Å². The fourth-order valence-electron chi connectivity index (χ4n) is 2.37. The minimum atomic E-state index is -0.847. The predicted molar refractivity (Wildman–Crippen MR) is 64.2 cm³/mol. The molecule has 4 heteroatoms. The fraction of sp³-hybridized carbons (Fsp3) is 1.00. The van der Waals surface area contributed by atoms with Crippen molar-refractivity contribution in [2.45, 2.75) is 62.7 Å². The number of alkyl halides is 1. The zero-order valence-corrected chi connectivity index (χ0v) is 10.8. The summed E-state index contributed by atoms with van der Waals surface area (Å²) in [6, 6.07) is 0. The van der Waals surface area contributed by atoms with E-state index >= 15 is 0 Å². The first-order valence-electron chi connectivity index (χ1n) is 6.29. The van der Waals surface area contributed by atoms with E-state index in [1.807, 2.05) is 6.92 Å². The lowest BCUT2D eigenvalue weighted by Gasteiger charge is -2.26. The molecular weight excluding hydrogens is 227 g/mol. The van der Waals surface area contributed by atoms with E-state index in [1.165, 1.54) is 0 Å². The van der Waals surface area contributed by atoms with Crippen LogP contribution in [0.4, 0.5) is 4.39 Å². The molecule has 2 heterocycles. The van der Waals surface area contributed by atoms with Gasteiger partial charge >= 0.3 is 0 Å². The minimum Gasteiger partial charge on any atom is -0.353 e. The fourth-order valence-corrected chi connectivity index (χ4v) is 3.89. The normalized spacial score (nSPS) is 44.8. The molecule has 5 atom stereocenters. The van der Waals surface area contributed by atoms with Crippen LogP contribution in [0.25, 0.3) is 0 Å². The molecule has 94 valence electrons. The molecule has 2 saturated heterocycles. The van der Waals surface area contributed by atoms with Crippen molar-refractivity contribution >= 4 is 11.8 Å². The first-order chi connectivity index (χ1) is 7.72. The van der Waals surface area contributed by atoms with Crippen molar-refractivity contribution in [2.24, 2.45) is 5.92 Å². The van der Waals surface area contributed by atoms with Crippen molar-refractivity contribution in [3.05, 3.63) is 0 Å². The molecule has 2 aliphatic rings. The van der Waals surface area contributed by atoms with Crippen molar-refractivity contribution in [1.82, 2.24) is 0 Å². The first kappa shape index (κ1) is 12.7. The zero-order valence-electron chi connectivity index (χ0n) is 10.0. The summed E-state index contributed by atoms with van der Waals surface area (Å²) in [7, 11) is 0. The van der Waals surface area contributed by atoms with Gasteiger partial charge in [0, 0.05) is 17.8 Å². The third-order valence-corrected chi connectivity index (χ3v) is 5.24. The third kappa shape index (κ3) is 2.71. The zero-order chi connectivity index (χ0) is 11.5. The molecule has 0 radical (unpaired) electrons. The third-order valence-electron chi connectivity index (χ3n) is 3.48. The van der Waals surface area contributed by atoms with E-state index in [1.54, 1.807) is 11.8 Å². The van der Waals surface area contributed by atoms with E-state index in [0.29, 0.717) is 5.25 Å². The number of rotatable bonds is 3. The summed E-state index contributed by atoms with van der Waals surface area (Å²) in [5.74, 6) is 0.101. The number of thioether (sulfide) groups is 1. The van der Waals surface area contributed by atoms with Gasteiger partial charge in [0.25, 0.3) is 0 Å². The van der Waals surface area contributed by atoms with E-state index in [-0.39, 0.29) is 17.6 Å². The lowest BCUT2D eigenvalue weighted by atomic mass is 10.0. The molecule has 16 heavy (non-hydrogen) atoms. The van der Waals surface area contributed by atoms with Crippen LogP contribution in [-0.2, 0) is 9.47 Å². The van der Waals surface area contributed by atoms with Gasteiger partial charge in [0.05, 0.1) is 0 Å². The molecule has 0 N–H and O–H groups in total. The van der Waals surface area contributed by atoms with E-state index in [2.05, 4.69) is 6.92 Å². The largest absolute Gasteiger partial charge is 0.353 e. The summed E-state index contributed by atoms with van der Waals surface area (Å²) in [6.45, 7) is 4.85. The second-order valence-electron chi connectivity index (χ2n) is 4.69. The lowest BCUT2D eigenvalue weighted by Crippen LogP contribution is -2.30. The van der Waals surface area contributed by atoms with Gasteiger partial charge in [-0.2, -0.15) is 0 Å². The molecule has 0 aromatic heterocycles. The Morgan fingerprint density at radius 1 is 1.44 bits per heavy atom. The van der Waals surface area contributed by atoms with Gasteiger partial charge in [-0.15, -0.1) is 11.8 Å². The Kier molecular flexibility index (Phi) is 4.50. The minimum absolute atomic E-state index is 0.101. The van der Waals surface area contributed by atoms with Gasteiger partial charge in [0.2, 0.25) is 0 Å². The number of hydrogen-bond acceptors (Lipinski definition) is 3. The maximum Gasteiger partial charge on any atom is 0.159 e. The molecule has 0 saturated carbocycles. The van der Waals surface area contributed by atoms with Crippen LogP contribution in [0.2, 0.25) is 0 Å². The van der Waals surface area contributed by atoms with Gasteiger partial charge in [0.1, 0.15) is 11.6 Å². The topological polar surface area (TPSA) is 18.5 Å². The standard InChI is InChI=1S/C12H21FO2S/c1-3-9-8(2)11(13)12(16-9)15-10-6-4-5-7-14-10/h8-12H,3-7H2,1-2H3/t8-,9-,10?,11+,12?/m1/s1. The predicted octanol–water partition coefficient (Wildman–Crippen LogP) is 3.36. The molecule has 2 rings (SSSR count). The van der Waals surface area contributed by atoms with Gasteiger partial charge in [-0.05, 0) is 25.7 Å². The summed E-state index contributed by atoms with van der Waals surface area (Å²) < 4.78 is 25.2. The summed E-state index contributed by atoms with van der Waals surface area (Å²) in [5, 5.41) is 0.392. The molecular formula is C12H21FO2S. The average Bonchev–Trinajstić information content (AvgIpc) is 2.58. The molecule has 2 unspecified atom stereocenters. The Labute approximate surface area is 101 Å². The monoisotopic (exact) mass is 248 g/mol. The lowest BCUT2D eigenvalue weighted by molar-refractivity contribution is -0.179. The highest BCUT2D eigenvalue weighted by Crippen LogP contribution is 2.43. The highest BCUT2D eigenvalue weighted by atomic mass is 32.2. The molecule has 0 bridgehead atoms. The van der Waals surface area contributed by atoms with Gasteiger partial charge in [-0.3, -0.25) is 0 Å². The maximum absolute atomic E-state index is 14.0. The summed E-state index contributed by atoms with van der Waals surface area (Å²) in [5.41, 5.74) is -0.317. The average molecular weight is 248 g/mol. The van der Waals surface area contributed by atoms with Gasteiger partial charge in [0.15, 0.2) is 6.29 Å². The number of hydrogen-bond donors (Lipinski definition) is 0. The second-order valence-corrected chi connectivity index (χ2v) is 6.03. The highest BCUT2D eigenvalue weighted by molar-refractivity contribution is 8.00. The SMILES string of the molecule is CC[C@H]1SC(OC2CCCCO2)[C@@H](F)[C@@H]1C. The maximum atomic E-state index is 14.0. The second kappa shape index (κ2) is 5.69. The van der Waals surface area contributed by atoms with E-state index in [0.717, 1.165) is 32.3 Å². The summed E-state index contributed by atoms with van der Waals surface area (Å²) in [6.07, 6.45) is 3.14. The Bertz CT molecular complexity index is 221. The Balaban J connectivity index is 1.85. The van der Waals surface area contributed by atoms with E-state index < -0.39 is 6.17 Å². The molecule has 0 aromatic rings. The van der Waals surface area contributed by atoms with Crippen molar-refractivity contribution in [3.8, 4) is 0 Å². The Hall–Kier alpha value is 0.200. The number of ether oxygens (including phenoxy) is 2. The first-order valence-corrected chi connectivity index (χ1v) is 7.23. The molecule has 0 spiro atoms. The van der Waals surface area contributed by atoms with Crippen LogP contribution in [-0.4, -0.2) is 29.8 Å². The Morgan fingerprint density at radius 2 is 2.25 bits per heavy atom. The number of halogens is 1. The van der Waals surface area contributed by atoms with Crippen LogP contribution in [0, 0.1) is 5.92 Å². The smallest absolute Gasteiger partial charge is 0.159 e. The van der Waals surface area contributed by atoms with Crippen molar-refractivity contribution in [3.63, 3.8) is 0 Å². The molecule has 0 amide bonds. The van der Waals surface area contributed by atoms with Crippen molar-refractivity contribution < 1.29 is 13.9 Å². The van der Waals surface area contributed by atoms with Crippen molar-refractivity contribution in [1.29, 1.82) is 0 Å². The summed E-state index contributed by atoms with van der Waals surface area (Å²) in [4.78, 5) is 0. The van der Waals surface area contributed by atoms with Crippen LogP contribution in [0.15, 0.2) is 0 Å². The van der Waals surface area contributed by atoms with Crippen LogP contribution >= 0.6 is 11.8 Å². The van der Waals surface area contributed by atoms with Crippen LogP contribution in [0.5, 0.6) is 0 Å². The van der Waals surface area contributed by atoms with Crippen LogP contribution in [0.1, 0.15) is 39.5 Å². The van der Waals surface area contributed by atoms with Gasteiger partial charge < -0.3 is 9.47 Å². The van der Waals surface area contributed by atoms with Crippen LogP contribution < -0.4 is 0 Å². The van der Waals surface area contributed by atoms with E-state index in [9.17, 15) is 4.39 Å². The molecule has 0 aromatic carbocycles. The van der Waals surface area contributed by atoms with Gasteiger partial charge in [-0.25, -0.2) is 4.39 Å². The summed E-state index contributed by atoms with van der Waals surface area (Å²) >= 11 is 1.64. The van der Waals surface area contributed by atoms with Crippen LogP contribution in [0.3, 0.4) is 0 Å². The highest BCUT2D eigenvalue weighted by Gasteiger charge is 2.42. The molecule has 2 nitrogen and oxygen atoms in total. The Morgan fingerprint density at radius 3 is 2.81 bits per heavy atom. The quantitative estimate of drug-likeness (QED) is 0.763.